The molecule has 2 nitrogen and oxygen atoms in total. The van der Waals surface area contributed by atoms with Gasteiger partial charge in [0.15, 0.2) is 0 Å². The van der Waals surface area contributed by atoms with Gasteiger partial charge in [-0.05, 0) is 91.7 Å². The zero-order valence-electron chi connectivity index (χ0n) is 23.7. The molecule has 0 aliphatic carbocycles. The van der Waals surface area contributed by atoms with E-state index < -0.39 is 0 Å². The lowest BCUT2D eigenvalue weighted by molar-refractivity contribution is -0.578. The molecular formula is C41H29N2+. The molecule has 7 aromatic carbocycles. The fourth-order valence-electron chi connectivity index (χ4n) is 7.05. The lowest BCUT2D eigenvalue weighted by atomic mass is 9.92. The van der Waals surface area contributed by atoms with Gasteiger partial charge < -0.3 is 9.88 Å². The Morgan fingerprint density at radius 2 is 1.23 bits per heavy atom. The van der Waals surface area contributed by atoms with Crippen LogP contribution in [0.25, 0.3) is 76.5 Å². The third-order valence-corrected chi connectivity index (χ3v) is 9.06. The van der Waals surface area contributed by atoms with E-state index in [1.165, 1.54) is 82.1 Å². The molecular weight excluding hydrogens is 520 g/mol. The number of rotatable bonds is 3. The van der Waals surface area contributed by atoms with Gasteiger partial charge in [0.25, 0.3) is 0 Å². The molecule has 1 aliphatic rings. The number of quaternary nitrogens is 1. The van der Waals surface area contributed by atoms with Crippen LogP contribution >= 0.6 is 0 Å². The maximum atomic E-state index is 2.46. The minimum Gasteiger partial charge on any atom is -0.317 e. The fourth-order valence-corrected chi connectivity index (χ4v) is 7.05. The van der Waals surface area contributed by atoms with Gasteiger partial charge in [0, 0.05) is 21.8 Å². The molecule has 2 heteroatoms. The van der Waals surface area contributed by atoms with E-state index in [9.17, 15) is 0 Å². The van der Waals surface area contributed by atoms with Crippen molar-refractivity contribution in [1.29, 1.82) is 0 Å². The lowest BCUT2D eigenvalue weighted by Gasteiger charge is -2.13. The van der Waals surface area contributed by atoms with Crippen LogP contribution in [0.4, 0.5) is 0 Å². The summed E-state index contributed by atoms with van der Waals surface area (Å²) in [5.74, 6) is 0. The number of nitrogens with zero attached hydrogens (tertiary/aromatic N) is 1. The first-order chi connectivity index (χ1) is 21.3. The third kappa shape index (κ3) is 3.77. The van der Waals surface area contributed by atoms with Gasteiger partial charge in [-0.15, -0.1) is 0 Å². The van der Waals surface area contributed by atoms with Crippen molar-refractivity contribution < 1.29 is 5.32 Å². The van der Waals surface area contributed by atoms with Crippen LogP contribution in [0.15, 0.2) is 152 Å². The molecule has 0 radical (unpaired) electrons. The van der Waals surface area contributed by atoms with Crippen LogP contribution in [0.1, 0.15) is 5.56 Å². The van der Waals surface area contributed by atoms with Gasteiger partial charge in [-0.1, -0.05) is 103 Å². The molecule has 0 amide bonds. The molecule has 2 heterocycles. The van der Waals surface area contributed by atoms with Crippen molar-refractivity contribution in [2.45, 2.75) is 0 Å². The quantitative estimate of drug-likeness (QED) is 0.212. The van der Waals surface area contributed by atoms with E-state index in [-0.39, 0.29) is 0 Å². The Kier molecular flexibility index (Phi) is 5.37. The van der Waals surface area contributed by atoms with Crippen molar-refractivity contribution in [2.24, 2.45) is 0 Å². The Morgan fingerprint density at radius 3 is 2.09 bits per heavy atom. The molecule has 0 bridgehead atoms. The number of para-hydroxylation sites is 1. The number of aromatic nitrogens is 1. The van der Waals surface area contributed by atoms with Crippen LogP contribution in [0.5, 0.6) is 0 Å². The standard InChI is InChI=1S/C41H28N2/c1-2-9-32(10-3-1)43-40-26-28(27-20-22-42-23-21-27)14-18-37(40)38-19-16-30-24-31(15-17-34(30)41(38)43)39-25-29-8-4-5-11-33(29)35-12-6-7-13-36(35)39/h1-22,24-26,42H,23H2/p+1. The molecule has 202 valence electrons. The Morgan fingerprint density at radius 1 is 0.512 bits per heavy atom. The van der Waals surface area contributed by atoms with Crippen molar-refractivity contribution in [2.75, 3.05) is 6.54 Å². The molecule has 2 N–H and O–H groups in total. The molecule has 0 saturated carbocycles. The summed E-state index contributed by atoms with van der Waals surface area (Å²) in [5.41, 5.74) is 8.73. The molecule has 0 atom stereocenters. The first-order valence-corrected chi connectivity index (χ1v) is 15.0. The second-order valence-corrected chi connectivity index (χ2v) is 11.5. The second-order valence-electron chi connectivity index (χ2n) is 11.5. The van der Waals surface area contributed by atoms with Crippen LogP contribution in [-0.4, -0.2) is 11.1 Å². The van der Waals surface area contributed by atoms with Gasteiger partial charge >= 0.3 is 0 Å². The van der Waals surface area contributed by atoms with Crippen molar-refractivity contribution >= 4 is 59.7 Å². The number of allylic oxidation sites excluding steroid dienone is 2. The number of benzene rings is 7. The predicted octanol–water partition coefficient (Wildman–Crippen LogP) is 9.38. The molecule has 1 aromatic heterocycles. The van der Waals surface area contributed by atoms with Gasteiger partial charge in [-0.25, -0.2) is 0 Å². The van der Waals surface area contributed by atoms with Crippen LogP contribution in [-0.2, 0) is 0 Å². The number of nitrogens with two attached hydrogens (primary N) is 1. The molecule has 9 rings (SSSR count). The van der Waals surface area contributed by atoms with Gasteiger partial charge in [0.2, 0.25) is 0 Å². The van der Waals surface area contributed by atoms with Gasteiger partial charge in [0.1, 0.15) is 0 Å². The number of hydrogen-bond acceptors (Lipinski definition) is 0. The Hall–Kier alpha value is -5.44. The van der Waals surface area contributed by atoms with Gasteiger partial charge in [0.05, 0.1) is 23.8 Å². The summed E-state index contributed by atoms with van der Waals surface area (Å²) in [7, 11) is 0. The molecule has 0 fully saturated rings. The van der Waals surface area contributed by atoms with Crippen molar-refractivity contribution in [3.05, 3.63) is 157 Å². The number of fused-ring (bicyclic) bond motifs is 8. The molecule has 43 heavy (non-hydrogen) atoms. The maximum absolute atomic E-state index is 2.46. The van der Waals surface area contributed by atoms with E-state index in [0.717, 1.165) is 6.54 Å². The largest absolute Gasteiger partial charge is 0.317 e. The van der Waals surface area contributed by atoms with E-state index in [4.69, 9.17) is 0 Å². The maximum Gasteiger partial charge on any atom is 0.0993 e. The molecule has 0 saturated heterocycles. The summed E-state index contributed by atoms with van der Waals surface area (Å²) in [4.78, 5) is 0. The topological polar surface area (TPSA) is 21.5 Å². The van der Waals surface area contributed by atoms with E-state index in [2.05, 4.69) is 162 Å². The average Bonchev–Trinajstić information content (AvgIpc) is 3.42. The van der Waals surface area contributed by atoms with Crippen molar-refractivity contribution in [3.63, 3.8) is 0 Å². The normalized spacial score (nSPS) is 13.4. The summed E-state index contributed by atoms with van der Waals surface area (Å²) >= 11 is 0. The van der Waals surface area contributed by atoms with Crippen LogP contribution in [0, 0.1) is 0 Å². The summed E-state index contributed by atoms with van der Waals surface area (Å²) in [6.45, 7) is 0.977. The second kappa shape index (κ2) is 9.55. The molecule has 1 aliphatic heterocycles. The summed E-state index contributed by atoms with van der Waals surface area (Å²) in [6, 6.07) is 49.2. The minimum atomic E-state index is 0.977. The highest BCUT2D eigenvalue weighted by Gasteiger charge is 2.17. The van der Waals surface area contributed by atoms with E-state index in [1.807, 2.05) is 0 Å². The zero-order valence-corrected chi connectivity index (χ0v) is 23.7. The lowest BCUT2D eigenvalue weighted by Crippen LogP contribution is -2.78. The van der Waals surface area contributed by atoms with Gasteiger partial charge in [-0.2, -0.15) is 0 Å². The summed E-state index contributed by atoms with van der Waals surface area (Å²) in [6.07, 6.45) is 6.69. The predicted molar refractivity (Wildman–Crippen MR) is 183 cm³/mol. The first-order valence-electron chi connectivity index (χ1n) is 15.0. The van der Waals surface area contributed by atoms with E-state index >= 15 is 0 Å². The zero-order chi connectivity index (χ0) is 28.3. The highest BCUT2D eigenvalue weighted by molar-refractivity contribution is 6.20. The van der Waals surface area contributed by atoms with Crippen LogP contribution < -0.4 is 5.32 Å². The number of hydrogen-bond donors (Lipinski definition) is 1. The van der Waals surface area contributed by atoms with Crippen molar-refractivity contribution in [3.8, 4) is 16.8 Å². The van der Waals surface area contributed by atoms with Crippen LogP contribution in [0.3, 0.4) is 0 Å². The highest BCUT2D eigenvalue weighted by Crippen LogP contribution is 2.40. The summed E-state index contributed by atoms with van der Waals surface area (Å²) < 4.78 is 2.46. The first kappa shape index (κ1) is 24.2. The summed E-state index contributed by atoms with van der Waals surface area (Å²) in [5, 5.41) is 12.4. The fraction of sp³-hybridized carbons (Fsp3) is 0.0244. The Labute approximate surface area is 249 Å². The molecule has 0 unspecified atom stereocenters. The van der Waals surface area contributed by atoms with E-state index in [1.54, 1.807) is 0 Å². The molecule has 8 aromatic rings. The Bertz CT molecular complexity index is 2440. The Balaban J connectivity index is 1.32. The van der Waals surface area contributed by atoms with Gasteiger partial charge in [-0.3, -0.25) is 0 Å². The highest BCUT2D eigenvalue weighted by atomic mass is 15.0. The average molecular weight is 550 g/mol. The smallest absolute Gasteiger partial charge is 0.0993 e. The molecule has 0 spiro atoms. The SMILES string of the molecule is C1=CC(c2ccc3c4ccc5cc(-c6cc7ccccc7c7ccccc67)ccc5c4n(-c4ccccc4)c3c2)=CC[NH2+]1. The van der Waals surface area contributed by atoms with Crippen molar-refractivity contribution in [1.82, 2.24) is 4.57 Å². The minimum absolute atomic E-state index is 0.977. The van der Waals surface area contributed by atoms with E-state index in [0.29, 0.717) is 0 Å². The monoisotopic (exact) mass is 549 g/mol. The van der Waals surface area contributed by atoms with Crippen LogP contribution in [0.2, 0.25) is 0 Å². The third-order valence-electron chi connectivity index (χ3n) is 9.06.